The van der Waals surface area contributed by atoms with Crippen molar-refractivity contribution >= 4 is 66.3 Å². The van der Waals surface area contributed by atoms with Crippen LogP contribution in [0.1, 0.15) is 36.7 Å². The Labute approximate surface area is 234 Å². The van der Waals surface area contributed by atoms with Crippen LogP contribution in [-0.4, -0.2) is 20.8 Å². The van der Waals surface area contributed by atoms with Crippen molar-refractivity contribution in [2.75, 3.05) is 0 Å². The van der Waals surface area contributed by atoms with Gasteiger partial charge in [0.2, 0.25) is 5.75 Å². The van der Waals surface area contributed by atoms with Crippen LogP contribution in [-0.2, 0) is 13.0 Å². The molecule has 4 rings (SSSR count). The van der Waals surface area contributed by atoms with Crippen LogP contribution in [0.2, 0.25) is 5.02 Å². The summed E-state index contributed by atoms with van der Waals surface area (Å²) in [6.45, 7) is 2.11. The van der Waals surface area contributed by atoms with Gasteiger partial charge in [0.15, 0.2) is 0 Å². The van der Waals surface area contributed by atoms with Crippen molar-refractivity contribution in [2.24, 2.45) is 5.10 Å². The van der Waals surface area contributed by atoms with Crippen LogP contribution in [0.25, 0.3) is 10.9 Å². The molecule has 0 radical (unpaired) electrons. The van der Waals surface area contributed by atoms with E-state index in [1.54, 1.807) is 36.4 Å². The van der Waals surface area contributed by atoms with Crippen LogP contribution in [0.3, 0.4) is 0 Å². The number of fused-ring (bicyclic) bond motifs is 1. The molecule has 1 aromatic heterocycles. The fourth-order valence-electron chi connectivity index (χ4n) is 3.65. The standard InChI is InChI=1S/C26H21Br2ClN4O4/c1-2-3-8-24-31-22-10-9-18(27)13-19(22)26(34)32(24)30-14-16-11-20(28)25(23(12-16)33(35)36)37-15-17-6-4-5-7-21(17)29/h4-7,9-14H,2-3,8,15H2,1H3. The number of nitro groups is 1. The predicted molar refractivity (Wildman–Crippen MR) is 152 cm³/mol. The monoisotopic (exact) mass is 646 g/mol. The minimum Gasteiger partial charge on any atom is -0.481 e. The predicted octanol–water partition coefficient (Wildman–Crippen LogP) is 7.29. The Morgan fingerprint density at radius 2 is 1.97 bits per heavy atom. The summed E-state index contributed by atoms with van der Waals surface area (Å²) in [6, 6.07) is 15.4. The fraction of sp³-hybridized carbons (Fsp3) is 0.192. The van der Waals surface area contributed by atoms with E-state index in [1.807, 2.05) is 12.1 Å². The zero-order chi connectivity index (χ0) is 26.5. The van der Waals surface area contributed by atoms with Crippen LogP contribution in [0.15, 0.2) is 73.4 Å². The maximum Gasteiger partial charge on any atom is 0.312 e. The number of hydrogen-bond acceptors (Lipinski definition) is 6. The molecule has 0 atom stereocenters. The molecule has 8 nitrogen and oxygen atoms in total. The summed E-state index contributed by atoms with van der Waals surface area (Å²) in [4.78, 5) is 29.2. The van der Waals surface area contributed by atoms with Crippen LogP contribution in [0.5, 0.6) is 5.75 Å². The van der Waals surface area contributed by atoms with E-state index >= 15 is 0 Å². The molecular formula is C26H21Br2ClN4O4. The second-order valence-electron chi connectivity index (χ2n) is 8.14. The highest BCUT2D eigenvalue weighted by Gasteiger charge is 2.21. The molecule has 0 fully saturated rings. The molecular weight excluding hydrogens is 628 g/mol. The third-order valence-electron chi connectivity index (χ3n) is 5.52. The van der Waals surface area contributed by atoms with E-state index in [4.69, 9.17) is 16.3 Å². The second kappa shape index (κ2) is 12.0. The van der Waals surface area contributed by atoms with E-state index in [-0.39, 0.29) is 23.6 Å². The molecule has 3 aromatic carbocycles. The number of hydrogen-bond donors (Lipinski definition) is 0. The molecule has 4 aromatic rings. The van der Waals surface area contributed by atoms with Crippen LogP contribution < -0.4 is 10.3 Å². The number of nitrogens with zero attached hydrogens (tertiary/aromatic N) is 4. The summed E-state index contributed by atoms with van der Waals surface area (Å²) >= 11 is 13.0. The molecule has 11 heteroatoms. The molecule has 0 saturated carbocycles. The molecule has 0 aliphatic heterocycles. The third kappa shape index (κ3) is 6.26. The molecule has 190 valence electrons. The van der Waals surface area contributed by atoms with Gasteiger partial charge in [-0.3, -0.25) is 14.9 Å². The summed E-state index contributed by atoms with van der Waals surface area (Å²) < 4.78 is 8.15. The average Bonchev–Trinajstić information content (AvgIpc) is 2.87. The molecule has 0 bridgehead atoms. The minimum atomic E-state index is -0.530. The lowest BCUT2D eigenvalue weighted by Gasteiger charge is -2.11. The minimum absolute atomic E-state index is 0.0566. The van der Waals surface area contributed by atoms with Gasteiger partial charge in [-0.1, -0.05) is 59.1 Å². The first-order chi connectivity index (χ1) is 17.8. The van der Waals surface area contributed by atoms with Gasteiger partial charge in [0.05, 0.1) is 26.5 Å². The van der Waals surface area contributed by atoms with Gasteiger partial charge in [-0.05, 0) is 52.7 Å². The zero-order valence-electron chi connectivity index (χ0n) is 19.7. The molecule has 0 spiro atoms. The Morgan fingerprint density at radius 3 is 2.70 bits per heavy atom. The molecule has 0 amide bonds. The second-order valence-corrected chi connectivity index (χ2v) is 10.3. The molecule has 0 aliphatic rings. The summed E-state index contributed by atoms with van der Waals surface area (Å²) in [6.07, 6.45) is 3.72. The molecule has 0 aliphatic carbocycles. The molecule has 37 heavy (non-hydrogen) atoms. The molecule has 1 heterocycles. The number of benzene rings is 3. The number of nitro benzene ring substituents is 1. The Kier molecular flexibility index (Phi) is 8.73. The zero-order valence-corrected chi connectivity index (χ0v) is 23.6. The van der Waals surface area contributed by atoms with Crippen molar-refractivity contribution in [1.29, 1.82) is 0 Å². The Bertz CT molecular complexity index is 1570. The fourth-order valence-corrected chi connectivity index (χ4v) is 4.79. The summed E-state index contributed by atoms with van der Waals surface area (Å²) in [5.41, 5.74) is 1.13. The highest BCUT2D eigenvalue weighted by Crippen LogP contribution is 2.37. The maximum absolute atomic E-state index is 13.3. The van der Waals surface area contributed by atoms with Crippen molar-refractivity contribution in [3.63, 3.8) is 0 Å². The van der Waals surface area contributed by atoms with E-state index in [2.05, 4.69) is 48.9 Å². The van der Waals surface area contributed by atoms with Gasteiger partial charge >= 0.3 is 5.69 Å². The van der Waals surface area contributed by atoms with E-state index < -0.39 is 4.92 Å². The van der Waals surface area contributed by atoms with Crippen LogP contribution >= 0.6 is 43.5 Å². The number of aromatic nitrogens is 2. The van der Waals surface area contributed by atoms with Crippen molar-refractivity contribution in [2.45, 2.75) is 32.8 Å². The van der Waals surface area contributed by atoms with Crippen LogP contribution in [0, 0.1) is 10.1 Å². The van der Waals surface area contributed by atoms with Gasteiger partial charge in [0, 0.05) is 33.1 Å². The number of unbranched alkanes of at least 4 members (excludes halogenated alkanes) is 1. The van der Waals surface area contributed by atoms with Gasteiger partial charge in [-0.15, -0.1) is 0 Å². The van der Waals surface area contributed by atoms with E-state index in [0.29, 0.717) is 43.8 Å². The lowest BCUT2D eigenvalue weighted by Crippen LogP contribution is -2.22. The average molecular weight is 649 g/mol. The number of halogens is 3. The Hall–Kier alpha value is -3.08. The van der Waals surface area contributed by atoms with Crippen molar-refractivity contribution in [3.05, 3.63) is 106 Å². The number of aryl methyl sites for hydroxylation is 1. The van der Waals surface area contributed by atoms with Gasteiger partial charge in [0.1, 0.15) is 12.4 Å². The van der Waals surface area contributed by atoms with Crippen molar-refractivity contribution in [1.82, 2.24) is 9.66 Å². The number of ether oxygens (including phenoxy) is 1. The first-order valence-electron chi connectivity index (χ1n) is 11.4. The van der Waals surface area contributed by atoms with Gasteiger partial charge in [0.25, 0.3) is 5.56 Å². The summed E-state index contributed by atoms with van der Waals surface area (Å²) in [5, 5.41) is 17.2. The highest BCUT2D eigenvalue weighted by atomic mass is 79.9. The highest BCUT2D eigenvalue weighted by molar-refractivity contribution is 9.10. The van der Waals surface area contributed by atoms with Crippen LogP contribution in [0.4, 0.5) is 5.69 Å². The van der Waals surface area contributed by atoms with Gasteiger partial charge < -0.3 is 4.74 Å². The van der Waals surface area contributed by atoms with Gasteiger partial charge in [-0.2, -0.15) is 9.78 Å². The smallest absolute Gasteiger partial charge is 0.312 e. The van der Waals surface area contributed by atoms with Crippen molar-refractivity contribution < 1.29 is 9.66 Å². The van der Waals surface area contributed by atoms with E-state index in [0.717, 1.165) is 17.3 Å². The molecule has 0 N–H and O–H groups in total. The van der Waals surface area contributed by atoms with Gasteiger partial charge in [-0.25, -0.2) is 4.98 Å². The molecule has 0 saturated heterocycles. The Morgan fingerprint density at radius 1 is 1.19 bits per heavy atom. The topological polar surface area (TPSA) is 99.6 Å². The first-order valence-corrected chi connectivity index (χ1v) is 13.3. The maximum atomic E-state index is 13.3. The normalized spacial score (nSPS) is 11.4. The third-order valence-corrected chi connectivity index (χ3v) is 6.98. The SMILES string of the molecule is CCCCc1nc2ccc(Br)cc2c(=O)n1N=Cc1cc(Br)c(OCc2ccccc2Cl)c([N+](=O)[O-])c1. The first kappa shape index (κ1) is 27.0. The quantitative estimate of drug-likeness (QED) is 0.108. The Balaban J connectivity index is 1.72. The number of rotatable bonds is 9. The molecule has 0 unspecified atom stereocenters. The summed E-state index contributed by atoms with van der Waals surface area (Å²) in [7, 11) is 0. The summed E-state index contributed by atoms with van der Waals surface area (Å²) in [5.74, 6) is 0.589. The lowest BCUT2D eigenvalue weighted by molar-refractivity contribution is -0.386. The van der Waals surface area contributed by atoms with E-state index in [1.165, 1.54) is 17.0 Å². The van der Waals surface area contributed by atoms with Crippen molar-refractivity contribution in [3.8, 4) is 5.75 Å². The lowest BCUT2D eigenvalue weighted by atomic mass is 10.2. The largest absolute Gasteiger partial charge is 0.481 e. The van der Waals surface area contributed by atoms with E-state index in [9.17, 15) is 14.9 Å².